The molecular formula is C22H20ClN3O3. The standard InChI is InChI=1S/C22H20ClN3O3/c1-13-8-14(9-15-12-24-25-20(13)15)21(28)26-6-4-22(5-7-26)11-18(27)17-10-16(23)2-3-19(17)29-22/h2-3,8-10,12H,4-7,11H2,1H3,(H,24,25). The molecule has 0 aliphatic carbocycles. The van der Waals surface area contributed by atoms with Crippen molar-refractivity contribution in [3.63, 3.8) is 0 Å². The number of aryl methyl sites for hydroxylation is 1. The molecule has 1 aromatic heterocycles. The van der Waals surface area contributed by atoms with E-state index in [1.165, 1.54) is 0 Å². The van der Waals surface area contributed by atoms with E-state index in [9.17, 15) is 9.59 Å². The molecule has 3 heterocycles. The summed E-state index contributed by atoms with van der Waals surface area (Å²) in [6.45, 7) is 3.07. The Morgan fingerprint density at radius 1 is 1.24 bits per heavy atom. The summed E-state index contributed by atoms with van der Waals surface area (Å²) in [7, 11) is 0. The summed E-state index contributed by atoms with van der Waals surface area (Å²) >= 11 is 6.01. The fourth-order valence-electron chi connectivity index (χ4n) is 4.40. The first-order valence-corrected chi connectivity index (χ1v) is 10.1. The number of H-pyrrole nitrogens is 1. The van der Waals surface area contributed by atoms with Crippen molar-refractivity contribution in [3.8, 4) is 5.75 Å². The van der Waals surface area contributed by atoms with Gasteiger partial charge in [0.1, 0.15) is 11.4 Å². The maximum atomic E-state index is 13.1. The highest BCUT2D eigenvalue weighted by Crippen LogP contribution is 2.40. The van der Waals surface area contributed by atoms with Crippen LogP contribution in [-0.2, 0) is 0 Å². The van der Waals surface area contributed by atoms with Crippen molar-refractivity contribution in [2.75, 3.05) is 13.1 Å². The fraction of sp³-hybridized carbons (Fsp3) is 0.318. The van der Waals surface area contributed by atoms with Gasteiger partial charge in [-0.2, -0.15) is 5.10 Å². The topological polar surface area (TPSA) is 75.3 Å². The SMILES string of the molecule is Cc1cc(C(=O)N2CCC3(CC2)CC(=O)c2cc(Cl)ccc2O3)cc2cn[nH]c12. The number of likely N-dealkylation sites (tertiary alicyclic amines) is 1. The highest BCUT2D eigenvalue weighted by atomic mass is 35.5. The zero-order chi connectivity index (χ0) is 20.2. The number of halogens is 1. The van der Waals surface area contributed by atoms with Gasteiger partial charge < -0.3 is 9.64 Å². The van der Waals surface area contributed by atoms with Gasteiger partial charge in [-0.1, -0.05) is 11.6 Å². The second kappa shape index (κ2) is 6.59. The Morgan fingerprint density at radius 2 is 2.03 bits per heavy atom. The molecule has 0 bridgehead atoms. The smallest absolute Gasteiger partial charge is 0.253 e. The van der Waals surface area contributed by atoms with E-state index in [1.807, 2.05) is 24.0 Å². The van der Waals surface area contributed by atoms with Gasteiger partial charge in [0.05, 0.1) is 23.7 Å². The highest BCUT2D eigenvalue weighted by Gasteiger charge is 2.43. The van der Waals surface area contributed by atoms with E-state index in [-0.39, 0.29) is 11.7 Å². The van der Waals surface area contributed by atoms with Gasteiger partial charge in [-0.25, -0.2) is 0 Å². The number of rotatable bonds is 1. The molecule has 1 saturated heterocycles. The number of hydrogen-bond donors (Lipinski definition) is 1. The summed E-state index contributed by atoms with van der Waals surface area (Å²) < 4.78 is 6.26. The lowest BCUT2D eigenvalue weighted by atomic mass is 9.82. The number of aromatic nitrogens is 2. The van der Waals surface area contributed by atoms with Gasteiger partial charge in [0.15, 0.2) is 5.78 Å². The number of ketones is 1. The maximum absolute atomic E-state index is 13.1. The second-order valence-corrected chi connectivity index (χ2v) is 8.38. The molecule has 1 N–H and O–H groups in total. The molecule has 1 spiro atoms. The van der Waals surface area contributed by atoms with Crippen LogP contribution in [0.1, 0.15) is 45.5 Å². The number of nitrogens with one attached hydrogen (secondary N) is 1. The molecule has 3 aromatic rings. The van der Waals surface area contributed by atoms with E-state index in [1.54, 1.807) is 24.4 Å². The molecule has 0 atom stereocenters. The van der Waals surface area contributed by atoms with Crippen molar-refractivity contribution < 1.29 is 14.3 Å². The molecule has 2 aromatic carbocycles. The molecule has 0 unspecified atom stereocenters. The average Bonchev–Trinajstić information content (AvgIpc) is 3.18. The molecule has 29 heavy (non-hydrogen) atoms. The molecule has 2 aliphatic rings. The van der Waals surface area contributed by atoms with Crippen molar-refractivity contribution in [2.24, 2.45) is 0 Å². The van der Waals surface area contributed by atoms with Gasteiger partial charge in [0.2, 0.25) is 0 Å². The van der Waals surface area contributed by atoms with Crippen LogP contribution in [0.25, 0.3) is 10.9 Å². The zero-order valence-corrected chi connectivity index (χ0v) is 16.8. The van der Waals surface area contributed by atoms with E-state index in [0.717, 1.165) is 16.5 Å². The Balaban J connectivity index is 1.34. The van der Waals surface area contributed by atoms with Gasteiger partial charge >= 0.3 is 0 Å². The van der Waals surface area contributed by atoms with E-state index < -0.39 is 5.60 Å². The first-order chi connectivity index (χ1) is 13.9. The Bertz CT molecular complexity index is 1150. The Kier molecular flexibility index (Phi) is 4.13. The number of carbonyl (C=O) groups is 2. The average molecular weight is 410 g/mol. The number of aromatic amines is 1. The lowest BCUT2D eigenvalue weighted by Crippen LogP contribution is -2.52. The summed E-state index contributed by atoms with van der Waals surface area (Å²) in [5, 5.41) is 8.47. The number of hydrogen-bond acceptors (Lipinski definition) is 4. The van der Waals surface area contributed by atoms with Gasteiger partial charge in [-0.05, 0) is 42.8 Å². The predicted octanol–water partition coefficient (Wildman–Crippen LogP) is 4.16. The quantitative estimate of drug-likeness (QED) is 0.654. The van der Waals surface area contributed by atoms with Crippen LogP contribution in [0.3, 0.4) is 0 Å². The Morgan fingerprint density at radius 3 is 2.83 bits per heavy atom. The van der Waals surface area contributed by atoms with Gasteiger partial charge in [-0.15, -0.1) is 0 Å². The van der Waals surface area contributed by atoms with Crippen LogP contribution in [0.2, 0.25) is 5.02 Å². The zero-order valence-electron chi connectivity index (χ0n) is 16.0. The van der Waals surface area contributed by atoms with Crippen molar-refractivity contribution in [3.05, 3.63) is 58.2 Å². The normalized spacial score (nSPS) is 18.0. The number of ether oxygens (including phenoxy) is 1. The Hall–Kier alpha value is -2.86. The third kappa shape index (κ3) is 3.08. The number of piperidine rings is 1. The van der Waals surface area contributed by atoms with E-state index in [4.69, 9.17) is 16.3 Å². The summed E-state index contributed by atoms with van der Waals surface area (Å²) in [6.07, 6.45) is 3.30. The van der Waals surface area contributed by atoms with E-state index >= 15 is 0 Å². The third-order valence-corrected chi connectivity index (χ3v) is 6.24. The molecule has 6 nitrogen and oxygen atoms in total. The van der Waals surface area contributed by atoms with Crippen LogP contribution in [0.15, 0.2) is 36.5 Å². The number of Topliss-reactive ketones (excluding diaryl/α,β-unsaturated/α-hetero) is 1. The van der Waals surface area contributed by atoms with E-state index in [2.05, 4.69) is 10.2 Å². The van der Waals surface area contributed by atoms with Gasteiger partial charge in [0, 0.05) is 41.9 Å². The third-order valence-electron chi connectivity index (χ3n) is 6.01. The van der Waals surface area contributed by atoms with Crippen molar-refractivity contribution in [2.45, 2.75) is 31.8 Å². The fourth-order valence-corrected chi connectivity index (χ4v) is 4.58. The number of amides is 1. The van der Waals surface area contributed by atoms with Crippen molar-refractivity contribution in [1.29, 1.82) is 0 Å². The molecule has 0 radical (unpaired) electrons. The largest absolute Gasteiger partial charge is 0.486 e. The number of benzene rings is 2. The molecule has 1 amide bonds. The van der Waals surface area contributed by atoms with Crippen LogP contribution < -0.4 is 4.74 Å². The first-order valence-electron chi connectivity index (χ1n) is 9.69. The van der Waals surface area contributed by atoms with Gasteiger partial charge in [-0.3, -0.25) is 14.7 Å². The lowest BCUT2D eigenvalue weighted by Gasteiger charge is -2.44. The molecular weight excluding hydrogens is 390 g/mol. The number of fused-ring (bicyclic) bond motifs is 2. The second-order valence-electron chi connectivity index (χ2n) is 7.95. The minimum absolute atomic E-state index is 0.000341. The van der Waals surface area contributed by atoms with Crippen LogP contribution in [0, 0.1) is 6.92 Å². The van der Waals surface area contributed by atoms with Crippen LogP contribution in [0.5, 0.6) is 5.75 Å². The van der Waals surface area contributed by atoms with Gasteiger partial charge in [0.25, 0.3) is 5.91 Å². The summed E-state index contributed by atoms with van der Waals surface area (Å²) in [5.74, 6) is 0.640. The van der Waals surface area contributed by atoms with Crippen molar-refractivity contribution >= 4 is 34.2 Å². The summed E-state index contributed by atoms with van der Waals surface area (Å²) in [5.41, 5.74) is 2.61. The molecule has 7 heteroatoms. The van der Waals surface area contributed by atoms with E-state index in [0.29, 0.717) is 54.3 Å². The van der Waals surface area contributed by atoms with Crippen LogP contribution in [0.4, 0.5) is 0 Å². The molecule has 148 valence electrons. The van der Waals surface area contributed by atoms with Crippen LogP contribution >= 0.6 is 11.6 Å². The number of carbonyl (C=O) groups excluding carboxylic acids is 2. The molecule has 0 saturated carbocycles. The number of nitrogens with zero attached hydrogens (tertiary/aromatic N) is 2. The minimum atomic E-state index is -0.543. The van der Waals surface area contributed by atoms with Crippen molar-refractivity contribution in [1.82, 2.24) is 15.1 Å². The minimum Gasteiger partial charge on any atom is -0.486 e. The Labute approximate surface area is 172 Å². The molecule has 5 rings (SSSR count). The maximum Gasteiger partial charge on any atom is 0.253 e. The predicted molar refractivity (Wildman–Crippen MR) is 110 cm³/mol. The first kappa shape index (κ1) is 18.2. The van der Waals surface area contributed by atoms with Crippen LogP contribution in [-0.4, -0.2) is 45.5 Å². The molecule has 1 fully saturated rings. The lowest BCUT2D eigenvalue weighted by molar-refractivity contribution is -0.00570. The summed E-state index contributed by atoms with van der Waals surface area (Å²) in [4.78, 5) is 27.6. The highest BCUT2D eigenvalue weighted by molar-refractivity contribution is 6.31. The summed E-state index contributed by atoms with van der Waals surface area (Å²) in [6, 6.07) is 8.93. The molecule has 2 aliphatic heterocycles. The monoisotopic (exact) mass is 409 g/mol.